The lowest BCUT2D eigenvalue weighted by Crippen LogP contribution is -2.23. The van der Waals surface area contributed by atoms with Gasteiger partial charge in [0.15, 0.2) is 0 Å². The van der Waals surface area contributed by atoms with Crippen LogP contribution in [0.15, 0.2) is 34.1 Å². The van der Waals surface area contributed by atoms with Crippen molar-refractivity contribution in [3.05, 3.63) is 46.0 Å². The number of rotatable bonds is 5. The SMILES string of the molecule is Cc1ccc(CC(N)CCc2cccs2)o1. The highest BCUT2D eigenvalue weighted by Crippen LogP contribution is 2.14. The Morgan fingerprint density at radius 1 is 1.38 bits per heavy atom. The van der Waals surface area contributed by atoms with Crippen molar-refractivity contribution in [3.8, 4) is 0 Å². The van der Waals surface area contributed by atoms with E-state index < -0.39 is 0 Å². The van der Waals surface area contributed by atoms with Gasteiger partial charge >= 0.3 is 0 Å². The lowest BCUT2D eigenvalue weighted by molar-refractivity contribution is 0.456. The van der Waals surface area contributed by atoms with E-state index in [2.05, 4.69) is 17.5 Å². The van der Waals surface area contributed by atoms with Crippen LogP contribution in [0, 0.1) is 6.92 Å². The summed E-state index contributed by atoms with van der Waals surface area (Å²) in [6.07, 6.45) is 2.91. The summed E-state index contributed by atoms with van der Waals surface area (Å²) in [4.78, 5) is 1.41. The topological polar surface area (TPSA) is 39.2 Å². The highest BCUT2D eigenvalue weighted by Gasteiger charge is 2.07. The second-order valence-corrected chi connectivity index (χ2v) is 5.13. The molecule has 0 aliphatic rings. The summed E-state index contributed by atoms with van der Waals surface area (Å²) in [6, 6.07) is 8.44. The Bertz CT molecular complexity index is 419. The maximum absolute atomic E-state index is 6.08. The minimum absolute atomic E-state index is 0.188. The first-order chi connectivity index (χ1) is 7.74. The fourth-order valence-corrected chi connectivity index (χ4v) is 2.46. The molecule has 0 bridgehead atoms. The van der Waals surface area contributed by atoms with Gasteiger partial charge in [-0.25, -0.2) is 0 Å². The van der Waals surface area contributed by atoms with Gasteiger partial charge in [-0.1, -0.05) is 6.07 Å². The van der Waals surface area contributed by atoms with Gasteiger partial charge in [0, 0.05) is 17.3 Å². The summed E-state index contributed by atoms with van der Waals surface area (Å²) < 4.78 is 5.51. The van der Waals surface area contributed by atoms with Crippen molar-refractivity contribution in [2.24, 2.45) is 5.73 Å². The Morgan fingerprint density at radius 3 is 2.88 bits per heavy atom. The third-order valence-corrected chi connectivity index (χ3v) is 3.54. The minimum Gasteiger partial charge on any atom is -0.466 e. The highest BCUT2D eigenvalue weighted by molar-refractivity contribution is 7.09. The van der Waals surface area contributed by atoms with Crippen LogP contribution >= 0.6 is 11.3 Å². The number of hydrogen-bond donors (Lipinski definition) is 1. The van der Waals surface area contributed by atoms with Crippen molar-refractivity contribution in [1.82, 2.24) is 0 Å². The van der Waals surface area contributed by atoms with Gasteiger partial charge in [0.25, 0.3) is 0 Å². The third kappa shape index (κ3) is 3.22. The third-order valence-electron chi connectivity index (χ3n) is 2.60. The van der Waals surface area contributed by atoms with Crippen LogP contribution in [0.25, 0.3) is 0 Å². The molecule has 2 rings (SSSR count). The van der Waals surface area contributed by atoms with Crippen LogP contribution in [0.2, 0.25) is 0 Å². The van der Waals surface area contributed by atoms with Crippen LogP contribution in [-0.4, -0.2) is 6.04 Å². The maximum atomic E-state index is 6.08. The first kappa shape index (κ1) is 11.4. The number of nitrogens with two attached hydrogens (primary N) is 1. The fraction of sp³-hybridized carbons (Fsp3) is 0.385. The predicted octanol–water partition coefficient (Wildman–Crippen LogP) is 3.15. The molecule has 0 fully saturated rings. The van der Waals surface area contributed by atoms with Crippen LogP contribution in [0.1, 0.15) is 22.8 Å². The molecule has 0 amide bonds. The molecule has 2 nitrogen and oxygen atoms in total. The van der Waals surface area contributed by atoms with Crippen LogP contribution in [0.4, 0.5) is 0 Å². The molecule has 0 aliphatic heterocycles. The van der Waals surface area contributed by atoms with E-state index in [1.807, 2.05) is 19.1 Å². The van der Waals surface area contributed by atoms with Gasteiger partial charge in [0.05, 0.1) is 0 Å². The average Bonchev–Trinajstić information content (AvgIpc) is 2.87. The van der Waals surface area contributed by atoms with Crippen LogP contribution in [0.5, 0.6) is 0 Å². The first-order valence-corrected chi connectivity index (χ1v) is 6.45. The smallest absolute Gasteiger partial charge is 0.105 e. The van der Waals surface area contributed by atoms with Gasteiger partial charge in [0.2, 0.25) is 0 Å². The molecule has 2 aromatic heterocycles. The van der Waals surface area contributed by atoms with E-state index in [0.717, 1.165) is 30.8 Å². The van der Waals surface area contributed by atoms with Gasteiger partial charge < -0.3 is 10.2 Å². The van der Waals surface area contributed by atoms with Crippen LogP contribution in [0.3, 0.4) is 0 Å². The maximum Gasteiger partial charge on any atom is 0.105 e. The molecule has 3 heteroatoms. The standard InChI is InChI=1S/C13H17NOS/c1-10-4-6-12(15-10)9-11(14)5-7-13-3-2-8-16-13/h2-4,6,8,11H,5,7,9,14H2,1H3. The van der Waals surface area contributed by atoms with E-state index in [1.165, 1.54) is 4.88 Å². The minimum atomic E-state index is 0.188. The Balaban J connectivity index is 1.78. The fourth-order valence-electron chi connectivity index (χ4n) is 1.74. The van der Waals surface area contributed by atoms with Crippen molar-refractivity contribution in [1.29, 1.82) is 0 Å². The Labute approximate surface area is 100 Å². The molecule has 16 heavy (non-hydrogen) atoms. The zero-order chi connectivity index (χ0) is 11.4. The summed E-state index contributed by atoms with van der Waals surface area (Å²) >= 11 is 1.80. The molecular weight excluding hydrogens is 218 g/mol. The van der Waals surface area contributed by atoms with Crippen LogP contribution < -0.4 is 5.73 Å². The zero-order valence-electron chi connectivity index (χ0n) is 9.48. The predicted molar refractivity (Wildman–Crippen MR) is 67.8 cm³/mol. The molecule has 86 valence electrons. The van der Waals surface area contributed by atoms with Crippen molar-refractivity contribution in [2.45, 2.75) is 32.2 Å². The first-order valence-electron chi connectivity index (χ1n) is 5.57. The lowest BCUT2D eigenvalue weighted by atomic mass is 10.1. The molecule has 0 aromatic carbocycles. The largest absolute Gasteiger partial charge is 0.466 e. The molecule has 2 N–H and O–H groups in total. The second-order valence-electron chi connectivity index (χ2n) is 4.09. The van der Waals surface area contributed by atoms with E-state index >= 15 is 0 Å². The van der Waals surface area contributed by atoms with Crippen molar-refractivity contribution >= 4 is 11.3 Å². The van der Waals surface area contributed by atoms with E-state index in [4.69, 9.17) is 10.2 Å². The number of hydrogen-bond acceptors (Lipinski definition) is 3. The molecule has 0 spiro atoms. The van der Waals surface area contributed by atoms with Gasteiger partial charge in [0.1, 0.15) is 11.5 Å². The van der Waals surface area contributed by atoms with Crippen molar-refractivity contribution in [2.75, 3.05) is 0 Å². The molecule has 1 atom stereocenters. The molecule has 0 saturated heterocycles. The van der Waals surface area contributed by atoms with Gasteiger partial charge in [-0.2, -0.15) is 0 Å². The van der Waals surface area contributed by atoms with Crippen molar-refractivity contribution < 1.29 is 4.42 Å². The summed E-state index contributed by atoms with van der Waals surface area (Å²) in [5.74, 6) is 1.96. The van der Waals surface area contributed by atoms with E-state index in [-0.39, 0.29) is 6.04 Å². The zero-order valence-corrected chi connectivity index (χ0v) is 10.3. The Hall–Kier alpha value is -1.06. The molecular formula is C13H17NOS. The molecule has 2 heterocycles. The molecule has 0 saturated carbocycles. The van der Waals surface area contributed by atoms with Gasteiger partial charge in [-0.15, -0.1) is 11.3 Å². The average molecular weight is 235 g/mol. The Morgan fingerprint density at radius 2 is 2.25 bits per heavy atom. The number of aryl methyl sites for hydroxylation is 2. The van der Waals surface area contributed by atoms with Gasteiger partial charge in [-0.05, 0) is 43.3 Å². The van der Waals surface area contributed by atoms with Gasteiger partial charge in [-0.3, -0.25) is 0 Å². The van der Waals surface area contributed by atoms with Crippen LogP contribution in [-0.2, 0) is 12.8 Å². The molecule has 0 aliphatic carbocycles. The monoisotopic (exact) mass is 235 g/mol. The highest BCUT2D eigenvalue weighted by atomic mass is 32.1. The molecule has 0 radical (unpaired) electrons. The molecule has 2 aromatic rings. The number of thiophene rings is 1. The molecule has 1 unspecified atom stereocenters. The lowest BCUT2D eigenvalue weighted by Gasteiger charge is -2.08. The van der Waals surface area contributed by atoms with Crippen molar-refractivity contribution in [3.63, 3.8) is 0 Å². The Kier molecular flexibility index (Phi) is 3.80. The summed E-state index contributed by atoms with van der Waals surface area (Å²) in [5, 5.41) is 2.11. The quantitative estimate of drug-likeness (QED) is 0.864. The van der Waals surface area contributed by atoms with E-state index in [1.54, 1.807) is 11.3 Å². The second kappa shape index (κ2) is 5.32. The normalized spacial score (nSPS) is 12.9. The summed E-state index contributed by atoms with van der Waals surface area (Å²) in [5.41, 5.74) is 6.08. The number of furan rings is 1. The van der Waals surface area contributed by atoms with E-state index in [0.29, 0.717) is 0 Å². The summed E-state index contributed by atoms with van der Waals surface area (Å²) in [6.45, 7) is 1.96. The summed E-state index contributed by atoms with van der Waals surface area (Å²) in [7, 11) is 0. The van der Waals surface area contributed by atoms with E-state index in [9.17, 15) is 0 Å².